The van der Waals surface area contributed by atoms with Crippen molar-refractivity contribution in [1.82, 2.24) is 4.90 Å². The average Bonchev–Trinajstić information content (AvgIpc) is 2.85. The molecule has 0 bridgehead atoms. The summed E-state index contributed by atoms with van der Waals surface area (Å²) in [5.74, 6) is -0.193. The van der Waals surface area contributed by atoms with Gasteiger partial charge >= 0.3 is 0 Å². The summed E-state index contributed by atoms with van der Waals surface area (Å²) in [7, 11) is 0. The number of hydrogen-bond donors (Lipinski definition) is 1. The highest BCUT2D eigenvalue weighted by molar-refractivity contribution is 5.27. The molecule has 19 heavy (non-hydrogen) atoms. The normalized spacial score (nSPS) is 18.9. The number of rotatable bonds is 5. The highest BCUT2D eigenvalue weighted by atomic mass is 19.1. The summed E-state index contributed by atoms with van der Waals surface area (Å²) in [6.07, 6.45) is 3.76. The van der Waals surface area contributed by atoms with Gasteiger partial charge in [-0.3, -0.25) is 4.90 Å². The van der Waals surface area contributed by atoms with Crippen molar-refractivity contribution < 1.29 is 4.39 Å². The minimum Gasteiger partial charge on any atom is -0.326 e. The SMILES string of the molecule is CCC1(CC)CCN(Cc2ccc(F)cc2CN)C1. The van der Waals surface area contributed by atoms with Crippen molar-refractivity contribution in [2.24, 2.45) is 11.1 Å². The highest BCUT2D eigenvalue weighted by Crippen LogP contribution is 2.37. The molecule has 1 aliphatic heterocycles. The van der Waals surface area contributed by atoms with Gasteiger partial charge in [0.25, 0.3) is 0 Å². The molecule has 1 aromatic rings. The van der Waals surface area contributed by atoms with E-state index in [9.17, 15) is 4.39 Å². The third-order valence-corrected chi connectivity index (χ3v) is 4.80. The second-order valence-corrected chi connectivity index (χ2v) is 5.78. The first kappa shape index (κ1) is 14.5. The van der Waals surface area contributed by atoms with Gasteiger partial charge in [-0.2, -0.15) is 0 Å². The molecule has 0 amide bonds. The topological polar surface area (TPSA) is 29.3 Å². The lowest BCUT2D eigenvalue weighted by Crippen LogP contribution is -2.26. The molecular formula is C16H25FN2. The van der Waals surface area contributed by atoms with Crippen molar-refractivity contribution in [3.05, 3.63) is 35.1 Å². The van der Waals surface area contributed by atoms with Gasteiger partial charge in [-0.1, -0.05) is 19.9 Å². The van der Waals surface area contributed by atoms with Crippen LogP contribution >= 0.6 is 0 Å². The van der Waals surface area contributed by atoms with Crippen molar-refractivity contribution in [3.63, 3.8) is 0 Å². The van der Waals surface area contributed by atoms with Crippen LogP contribution in [-0.4, -0.2) is 18.0 Å². The van der Waals surface area contributed by atoms with Gasteiger partial charge in [0.2, 0.25) is 0 Å². The van der Waals surface area contributed by atoms with E-state index < -0.39 is 0 Å². The maximum Gasteiger partial charge on any atom is 0.123 e. The molecule has 0 aliphatic carbocycles. The zero-order valence-corrected chi connectivity index (χ0v) is 12.1. The summed E-state index contributed by atoms with van der Waals surface area (Å²) in [5.41, 5.74) is 8.31. The van der Waals surface area contributed by atoms with Crippen LogP contribution in [0, 0.1) is 11.2 Å². The summed E-state index contributed by atoms with van der Waals surface area (Å²) in [6.45, 7) is 8.18. The van der Waals surface area contributed by atoms with Crippen LogP contribution < -0.4 is 5.73 Å². The average molecular weight is 264 g/mol. The number of hydrogen-bond acceptors (Lipinski definition) is 2. The van der Waals surface area contributed by atoms with E-state index in [1.54, 1.807) is 6.07 Å². The van der Waals surface area contributed by atoms with Crippen LogP contribution in [0.25, 0.3) is 0 Å². The molecule has 0 spiro atoms. The minimum absolute atomic E-state index is 0.193. The van der Waals surface area contributed by atoms with Crippen molar-refractivity contribution in [3.8, 4) is 0 Å². The van der Waals surface area contributed by atoms with Crippen LogP contribution in [0.4, 0.5) is 4.39 Å². The monoisotopic (exact) mass is 264 g/mol. The molecule has 3 heteroatoms. The number of benzene rings is 1. The summed E-state index contributed by atoms with van der Waals surface area (Å²) >= 11 is 0. The van der Waals surface area contributed by atoms with Gasteiger partial charge in [-0.25, -0.2) is 4.39 Å². The second kappa shape index (κ2) is 6.02. The van der Waals surface area contributed by atoms with Crippen LogP contribution in [0.2, 0.25) is 0 Å². The first-order valence-electron chi connectivity index (χ1n) is 7.32. The van der Waals surface area contributed by atoms with Crippen molar-refractivity contribution >= 4 is 0 Å². The van der Waals surface area contributed by atoms with E-state index in [1.165, 1.54) is 30.9 Å². The fraction of sp³-hybridized carbons (Fsp3) is 0.625. The van der Waals surface area contributed by atoms with E-state index in [1.807, 2.05) is 6.07 Å². The lowest BCUT2D eigenvalue weighted by molar-refractivity contribution is 0.236. The molecule has 2 N–H and O–H groups in total. The Labute approximate surface area is 115 Å². The molecule has 0 radical (unpaired) electrons. The first-order valence-corrected chi connectivity index (χ1v) is 7.32. The lowest BCUT2D eigenvalue weighted by Gasteiger charge is -2.26. The van der Waals surface area contributed by atoms with Gasteiger partial charge in [-0.05, 0) is 54.5 Å². The van der Waals surface area contributed by atoms with Crippen molar-refractivity contribution in [2.75, 3.05) is 13.1 Å². The minimum atomic E-state index is -0.193. The molecular weight excluding hydrogens is 239 g/mol. The van der Waals surface area contributed by atoms with Crippen molar-refractivity contribution in [2.45, 2.75) is 46.2 Å². The van der Waals surface area contributed by atoms with E-state index in [0.717, 1.165) is 25.2 Å². The Balaban J connectivity index is 2.07. The number of halogens is 1. The molecule has 1 fully saturated rings. The van der Waals surface area contributed by atoms with E-state index in [-0.39, 0.29) is 5.82 Å². The third kappa shape index (κ3) is 3.15. The zero-order valence-electron chi connectivity index (χ0n) is 12.1. The predicted octanol–water partition coefficient (Wildman–Crippen LogP) is 3.30. The second-order valence-electron chi connectivity index (χ2n) is 5.78. The molecule has 1 heterocycles. The molecule has 1 saturated heterocycles. The van der Waals surface area contributed by atoms with Gasteiger partial charge in [-0.15, -0.1) is 0 Å². The van der Waals surface area contributed by atoms with Crippen LogP contribution in [0.3, 0.4) is 0 Å². The van der Waals surface area contributed by atoms with E-state index in [2.05, 4.69) is 18.7 Å². The largest absolute Gasteiger partial charge is 0.326 e. The maximum atomic E-state index is 13.2. The van der Waals surface area contributed by atoms with Crippen molar-refractivity contribution in [1.29, 1.82) is 0 Å². The predicted molar refractivity (Wildman–Crippen MR) is 77.2 cm³/mol. The Morgan fingerprint density at radius 2 is 2.00 bits per heavy atom. The molecule has 0 atom stereocenters. The fourth-order valence-electron chi connectivity index (χ4n) is 3.17. The quantitative estimate of drug-likeness (QED) is 0.884. The van der Waals surface area contributed by atoms with E-state index in [0.29, 0.717) is 12.0 Å². The molecule has 2 rings (SSSR count). The van der Waals surface area contributed by atoms with Gasteiger partial charge in [0, 0.05) is 19.6 Å². The molecule has 106 valence electrons. The van der Waals surface area contributed by atoms with E-state index in [4.69, 9.17) is 5.73 Å². The zero-order chi connectivity index (χ0) is 13.9. The summed E-state index contributed by atoms with van der Waals surface area (Å²) in [4.78, 5) is 2.49. The molecule has 0 unspecified atom stereocenters. The molecule has 1 aliphatic rings. The molecule has 0 aromatic heterocycles. The molecule has 1 aromatic carbocycles. The first-order chi connectivity index (χ1) is 9.12. The Hall–Kier alpha value is -0.930. The standard InChI is InChI=1S/C16H25FN2/c1-3-16(4-2)7-8-19(12-16)11-13-5-6-15(17)9-14(13)10-18/h5-6,9H,3-4,7-8,10-12,18H2,1-2H3. The Kier molecular flexibility index (Phi) is 4.58. The fourth-order valence-corrected chi connectivity index (χ4v) is 3.17. The molecule has 2 nitrogen and oxygen atoms in total. The van der Waals surface area contributed by atoms with Gasteiger partial charge < -0.3 is 5.73 Å². The number of nitrogens with two attached hydrogens (primary N) is 1. The lowest BCUT2D eigenvalue weighted by atomic mass is 9.82. The highest BCUT2D eigenvalue weighted by Gasteiger charge is 2.34. The van der Waals surface area contributed by atoms with Gasteiger partial charge in [0.1, 0.15) is 5.82 Å². The number of likely N-dealkylation sites (tertiary alicyclic amines) is 1. The van der Waals surface area contributed by atoms with Crippen LogP contribution in [0.15, 0.2) is 18.2 Å². The summed E-state index contributed by atoms with van der Waals surface area (Å²) in [5, 5.41) is 0. The Bertz CT molecular complexity index is 427. The van der Waals surface area contributed by atoms with E-state index >= 15 is 0 Å². The Morgan fingerprint density at radius 3 is 2.58 bits per heavy atom. The summed E-state index contributed by atoms with van der Waals surface area (Å²) in [6, 6.07) is 4.99. The molecule has 0 saturated carbocycles. The van der Waals surface area contributed by atoms with Crippen LogP contribution in [0.5, 0.6) is 0 Å². The summed E-state index contributed by atoms with van der Waals surface area (Å²) < 4.78 is 13.2. The van der Waals surface area contributed by atoms with Gasteiger partial charge in [0.05, 0.1) is 0 Å². The van der Waals surface area contributed by atoms with Gasteiger partial charge in [0.15, 0.2) is 0 Å². The van der Waals surface area contributed by atoms with Crippen LogP contribution in [-0.2, 0) is 13.1 Å². The van der Waals surface area contributed by atoms with Crippen LogP contribution in [0.1, 0.15) is 44.2 Å². The smallest absolute Gasteiger partial charge is 0.123 e. The Morgan fingerprint density at radius 1 is 1.26 bits per heavy atom. The third-order valence-electron chi connectivity index (χ3n) is 4.80. The number of nitrogens with zero attached hydrogens (tertiary/aromatic N) is 1. The maximum absolute atomic E-state index is 13.2.